The summed E-state index contributed by atoms with van der Waals surface area (Å²) in [5.74, 6) is -1.88. The quantitative estimate of drug-likeness (QED) is 0.411. The number of Topliss-reactive ketones (excluding diaryl/α,β-unsaturated/α-hetero) is 1. The van der Waals surface area contributed by atoms with Crippen LogP contribution in [0.5, 0.6) is 0 Å². The lowest BCUT2D eigenvalue weighted by Gasteiger charge is -2.33. The first kappa shape index (κ1) is 22.2. The molecule has 0 heterocycles. The van der Waals surface area contributed by atoms with E-state index in [1.165, 1.54) is 4.90 Å². The molecule has 0 bridgehead atoms. The first-order valence-electron chi connectivity index (χ1n) is 7.33. The highest BCUT2D eigenvalue weighted by Gasteiger charge is 2.35. The zero-order chi connectivity index (χ0) is 18.9. The third-order valence-corrected chi connectivity index (χ3v) is 3.30. The van der Waals surface area contributed by atoms with E-state index >= 15 is 0 Å². The average Bonchev–Trinajstić information content (AvgIpc) is 2.52. The van der Waals surface area contributed by atoms with Gasteiger partial charge in [0, 0.05) is 11.8 Å². The highest BCUT2D eigenvalue weighted by Crippen LogP contribution is 2.22. The monoisotopic (exact) mass is 330 g/mol. The van der Waals surface area contributed by atoms with Crippen molar-refractivity contribution in [2.24, 2.45) is 5.41 Å². The molecule has 8 nitrogen and oxygen atoms in total. The molecule has 0 aliphatic carbocycles. The van der Waals surface area contributed by atoms with Crippen LogP contribution in [-0.2, 0) is 19.2 Å². The standard InChI is InChI=1S/C13H21B3N4O4/c1-13(2,3)12(24)8(4-5-9(21)17-14)20(6-10(22)18-15)7-11(23)19-16/h8H,4-7H2,1-3H3,(H,17,21)(H,18,22)(H,19,23)/t8-/m0/s1. The van der Waals surface area contributed by atoms with Crippen LogP contribution in [0, 0.1) is 5.41 Å². The van der Waals surface area contributed by atoms with Crippen molar-refractivity contribution >= 4 is 47.4 Å². The highest BCUT2D eigenvalue weighted by molar-refractivity contribution is 6.15. The van der Waals surface area contributed by atoms with Gasteiger partial charge in [0.25, 0.3) is 0 Å². The average molecular weight is 330 g/mol. The predicted molar refractivity (Wildman–Crippen MR) is 90.7 cm³/mol. The lowest BCUT2D eigenvalue weighted by molar-refractivity contribution is -0.135. The maximum Gasteiger partial charge on any atom is 0.226 e. The summed E-state index contributed by atoms with van der Waals surface area (Å²) in [7, 11) is 15.2. The number of carbonyl (C=O) groups excluding carboxylic acids is 4. The number of amides is 3. The van der Waals surface area contributed by atoms with Crippen molar-refractivity contribution in [1.29, 1.82) is 0 Å². The minimum atomic E-state index is -0.864. The second-order valence-corrected chi connectivity index (χ2v) is 6.28. The van der Waals surface area contributed by atoms with Gasteiger partial charge < -0.3 is 15.7 Å². The number of rotatable bonds is 9. The molecule has 0 saturated carbocycles. The Hall–Kier alpha value is -1.77. The Bertz CT molecular complexity index is 464. The maximum absolute atomic E-state index is 12.7. The molecule has 0 aliphatic rings. The zero-order valence-corrected chi connectivity index (χ0v) is 14.2. The third kappa shape index (κ3) is 7.67. The molecule has 0 spiro atoms. The van der Waals surface area contributed by atoms with E-state index in [1.54, 1.807) is 20.8 Å². The molecular formula is C13H21B3N4O4. The molecule has 0 aromatic rings. The second-order valence-electron chi connectivity index (χ2n) is 6.28. The van der Waals surface area contributed by atoms with Crippen LogP contribution in [0.15, 0.2) is 0 Å². The van der Waals surface area contributed by atoms with E-state index in [0.29, 0.717) is 0 Å². The van der Waals surface area contributed by atoms with Gasteiger partial charge in [0.1, 0.15) is 0 Å². The molecule has 1 atom stereocenters. The van der Waals surface area contributed by atoms with Gasteiger partial charge in [-0.2, -0.15) is 0 Å². The number of nitrogens with zero attached hydrogens (tertiary/aromatic N) is 1. The Kier molecular flexibility index (Phi) is 9.42. The van der Waals surface area contributed by atoms with E-state index in [9.17, 15) is 19.2 Å². The summed E-state index contributed by atoms with van der Waals surface area (Å²) < 4.78 is 0. The van der Waals surface area contributed by atoms with E-state index in [2.05, 4.69) is 0 Å². The topological polar surface area (TPSA) is 108 Å². The van der Waals surface area contributed by atoms with Gasteiger partial charge in [-0.25, -0.2) is 0 Å². The van der Waals surface area contributed by atoms with Gasteiger partial charge in [-0.05, 0) is 6.42 Å². The Morgan fingerprint density at radius 2 is 1.29 bits per heavy atom. The molecule has 0 rings (SSSR count). The first-order chi connectivity index (χ1) is 11.1. The van der Waals surface area contributed by atoms with Crippen LogP contribution in [0.25, 0.3) is 0 Å². The van der Waals surface area contributed by atoms with Crippen LogP contribution in [0.3, 0.4) is 0 Å². The SMILES string of the molecule is [B]NC(=O)CC[C@@H](C(=O)C(C)(C)C)N(CC(=O)N[B])CC(=O)N[B]. The van der Waals surface area contributed by atoms with Gasteiger partial charge in [0.2, 0.25) is 41.7 Å². The Labute approximate surface area is 146 Å². The number of carbonyl (C=O) groups is 4. The Morgan fingerprint density at radius 3 is 1.62 bits per heavy atom. The van der Waals surface area contributed by atoms with Crippen LogP contribution >= 0.6 is 0 Å². The summed E-state index contributed by atoms with van der Waals surface area (Å²) in [5, 5.41) is 5.86. The molecule has 6 radical (unpaired) electrons. The molecule has 0 aromatic heterocycles. The summed E-state index contributed by atoms with van der Waals surface area (Å²) >= 11 is 0. The molecule has 0 fully saturated rings. The number of ketones is 1. The Balaban J connectivity index is 5.49. The van der Waals surface area contributed by atoms with E-state index in [1.807, 2.05) is 15.7 Å². The summed E-state index contributed by atoms with van der Waals surface area (Å²) in [4.78, 5) is 48.7. The summed E-state index contributed by atoms with van der Waals surface area (Å²) in [5.41, 5.74) is -0.750. The van der Waals surface area contributed by atoms with Crippen molar-refractivity contribution < 1.29 is 19.2 Å². The summed E-state index contributed by atoms with van der Waals surface area (Å²) in [6.07, 6.45) is 0.0306. The molecule has 0 saturated heterocycles. The van der Waals surface area contributed by atoms with E-state index < -0.39 is 29.2 Å². The van der Waals surface area contributed by atoms with Crippen LogP contribution < -0.4 is 15.7 Å². The van der Waals surface area contributed by atoms with Gasteiger partial charge in [-0.3, -0.25) is 24.1 Å². The zero-order valence-electron chi connectivity index (χ0n) is 14.2. The lowest BCUT2D eigenvalue weighted by atomic mass is 9.84. The van der Waals surface area contributed by atoms with Crippen molar-refractivity contribution in [2.45, 2.75) is 39.7 Å². The van der Waals surface area contributed by atoms with Crippen LogP contribution in [-0.4, -0.2) is 71.5 Å². The van der Waals surface area contributed by atoms with E-state index in [-0.39, 0.29) is 31.7 Å². The maximum atomic E-state index is 12.7. The molecule has 0 unspecified atom stereocenters. The molecular weight excluding hydrogens is 309 g/mol. The fraction of sp³-hybridized carbons (Fsp3) is 0.692. The van der Waals surface area contributed by atoms with E-state index in [4.69, 9.17) is 23.9 Å². The molecule has 126 valence electrons. The van der Waals surface area contributed by atoms with Crippen molar-refractivity contribution in [1.82, 2.24) is 20.6 Å². The van der Waals surface area contributed by atoms with Crippen LogP contribution in [0.2, 0.25) is 0 Å². The van der Waals surface area contributed by atoms with Crippen molar-refractivity contribution in [3.63, 3.8) is 0 Å². The Morgan fingerprint density at radius 1 is 0.875 bits per heavy atom. The van der Waals surface area contributed by atoms with E-state index in [0.717, 1.165) is 0 Å². The fourth-order valence-corrected chi connectivity index (χ4v) is 2.06. The second kappa shape index (κ2) is 10.2. The molecule has 11 heteroatoms. The van der Waals surface area contributed by atoms with Crippen molar-refractivity contribution in [3.8, 4) is 0 Å². The molecule has 24 heavy (non-hydrogen) atoms. The largest absolute Gasteiger partial charge is 0.409 e. The molecule has 3 amide bonds. The molecule has 3 N–H and O–H groups in total. The normalized spacial score (nSPS) is 12.3. The van der Waals surface area contributed by atoms with Crippen molar-refractivity contribution in [3.05, 3.63) is 0 Å². The van der Waals surface area contributed by atoms with Gasteiger partial charge in [0.15, 0.2) is 5.78 Å². The third-order valence-electron chi connectivity index (χ3n) is 3.30. The minimum Gasteiger partial charge on any atom is -0.409 e. The smallest absolute Gasteiger partial charge is 0.226 e. The highest BCUT2D eigenvalue weighted by atomic mass is 16.2. The minimum absolute atomic E-state index is 0.0476. The summed E-state index contributed by atoms with van der Waals surface area (Å²) in [6, 6.07) is -0.864. The van der Waals surface area contributed by atoms with Gasteiger partial charge in [-0.15, -0.1) is 0 Å². The molecule has 0 aliphatic heterocycles. The number of hydrogen-bond acceptors (Lipinski definition) is 5. The van der Waals surface area contributed by atoms with Gasteiger partial charge >= 0.3 is 0 Å². The predicted octanol–water partition coefficient (Wildman–Crippen LogP) is -2.35. The summed E-state index contributed by atoms with van der Waals surface area (Å²) in [6.45, 7) is 4.50. The van der Waals surface area contributed by atoms with Crippen molar-refractivity contribution in [2.75, 3.05) is 13.1 Å². The van der Waals surface area contributed by atoms with Crippen LogP contribution in [0.4, 0.5) is 0 Å². The number of hydrogen-bond donors (Lipinski definition) is 3. The first-order valence-corrected chi connectivity index (χ1v) is 7.33. The fourth-order valence-electron chi connectivity index (χ4n) is 2.06. The van der Waals surface area contributed by atoms with Gasteiger partial charge in [0.05, 0.1) is 19.1 Å². The number of nitrogens with one attached hydrogen (secondary N) is 3. The van der Waals surface area contributed by atoms with Crippen LogP contribution in [0.1, 0.15) is 33.6 Å². The van der Waals surface area contributed by atoms with Gasteiger partial charge in [-0.1, -0.05) is 20.8 Å². The molecule has 0 aromatic carbocycles. The lowest BCUT2D eigenvalue weighted by Crippen LogP contribution is -2.52.